The minimum atomic E-state index is -0.524. The highest BCUT2D eigenvalue weighted by atomic mass is 35.5. The molecule has 2 N–H and O–H groups in total. The molecule has 0 atom stereocenters. The van der Waals surface area contributed by atoms with Crippen molar-refractivity contribution in [3.8, 4) is 11.3 Å². The molecule has 0 bridgehead atoms. The van der Waals surface area contributed by atoms with Gasteiger partial charge >= 0.3 is 5.97 Å². The summed E-state index contributed by atoms with van der Waals surface area (Å²) in [5.41, 5.74) is 7.25. The van der Waals surface area contributed by atoms with Crippen molar-refractivity contribution in [2.75, 3.05) is 12.8 Å². The molecule has 4 nitrogen and oxygen atoms in total. The molecule has 0 unspecified atom stereocenters. The Morgan fingerprint density at radius 2 is 1.80 bits per heavy atom. The van der Waals surface area contributed by atoms with Gasteiger partial charge in [-0.05, 0) is 18.2 Å². The number of aromatic nitrogens is 1. The lowest BCUT2D eigenvalue weighted by Gasteiger charge is -2.10. The summed E-state index contributed by atoms with van der Waals surface area (Å²) in [6.07, 6.45) is 1.35. The zero-order chi connectivity index (χ0) is 14.9. The first-order valence-corrected chi connectivity index (χ1v) is 6.56. The number of pyridine rings is 1. The first kappa shape index (κ1) is 14.9. The first-order valence-electron chi connectivity index (χ1n) is 5.42. The average molecular weight is 332 g/mol. The third-order valence-corrected chi connectivity index (χ3v) is 3.40. The molecule has 0 saturated heterocycles. The summed E-state index contributed by atoms with van der Waals surface area (Å²) in [6, 6.07) is 4.54. The minimum Gasteiger partial charge on any atom is -0.465 e. The Kier molecular flexibility index (Phi) is 4.38. The Hall–Kier alpha value is -1.49. The van der Waals surface area contributed by atoms with Crippen molar-refractivity contribution in [3.05, 3.63) is 45.0 Å². The fourth-order valence-electron chi connectivity index (χ4n) is 1.69. The minimum absolute atomic E-state index is 0.245. The van der Waals surface area contributed by atoms with Crippen LogP contribution in [-0.4, -0.2) is 18.1 Å². The van der Waals surface area contributed by atoms with Crippen molar-refractivity contribution in [2.45, 2.75) is 0 Å². The van der Waals surface area contributed by atoms with E-state index in [0.717, 1.165) is 0 Å². The van der Waals surface area contributed by atoms with E-state index >= 15 is 0 Å². The van der Waals surface area contributed by atoms with Gasteiger partial charge in [0.05, 0.1) is 34.1 Å². The highest BCUT2D eigenvalue weighted by Gasteiger charge is 2.16. The molecule has 0 aliphatic heterocycles. The number of nitrogens with two attached hydrogens (primary N) is 1. The number of carbonyl (C=O) groups is 1. The van der Waals surface area contributed by atoms with Gasteiger partial charge in [0.15, 0.2) is 0 Å². The standard InChI is InChI=1S/C13H9Cl3N2O2/c1-20-13(19)6-2-10(17)12(18-5-6)11-8(15)3-7(14)4-9(11)16/h2-5H,17H2,1H3. The van der Waals surface area contributed by atoms with Crippen LogP contribution < -0.4 is 5.73 Å². The number of benzene rings is 1. The second kappa shape index (κ2) is 5.87. The molecule has 20 heavy (non-hydrogen) atoms. The molecule has 0 spiro atoms. The van der Waals surface area contributed by atoms with Crippen molar-refractivity contribution >= 4 is 46.5 Å². The number of carbonyl (C=O) groups excluding carboxylic acids is 1. The van der Waals surface area contributed by atoms with Crippen LogP contribution in [0.3, 0.4) is 0 Å². The third-order valence-electron chi connectivity index (χ3n) is 2.58. The molecule has 7 heteroatoms. The highest BCUT2D eigenvalue weighted by Crippen LogP contribution is 2.38. The van der Waals surface area contributed by atoms with Crippen molar-refractivity contribution in [1.29, 1.82) is 0 Å². The molecule has 0 aliphatic carbocycles. The van der Waals surface area contributed by atoms with Gasteiger partial charge in [0.1, 0.15) is 0 Å². The first-order chi connectivity index (χ1) is 9.43. The van der Waals surface area contributed by atoms with Crippen LogP contribution >= 0.6 is 34.8 Å². The predicted octanol–water partition coefficient (Wildman–Crippen LogP) is 4.08. The number of halogens is 3. The Morgan fingerprint density at radius 1 is 1.20 bits per heavy atom. The molecule has 0 fully saturated rings. The SMILES string of the molecule is COC(=O)c1cnc(-c2c(Cl)cc(Cl)cc2Cl)c(N)c1. The smallest absolute Gasteiger partial charge is 0.339 e. The van der Waals surface area contributed by atoms with E-state index in [4.69, 9.17) is 40.5 Å². The lowest BCUT2D eigenvalue weighted by Crippen LogP contribution is -2.04. The summed E-state index contributed by atoms with van der Waals surface area (Å²) in [5, 5.41) is 1.06. The summed E-state index contributed by atoms with van der Waals surface area (Å²) < 4.78 is 4.60. The van der Waals surface area contributed by atoms with E-state index in [0.29, 0.717) is 26.3 Å². The number of hydrogen-bond acceptors (Lipinski definition) is 4. The van der Waals surface area contributed by atoms with Gasteiger partial charge in [0.25, 0.3) is 0 Å². The lowest BCUT2D eigenvalue weighted by molar-refractivity contribution is 0.0600. The normalized spacial score (nSPS) is 10.4. The maximum atomic E-state index is 11.4. The fourth-order valence-corrected chi connectivity index (χ4v) is 2.68. The third kappa shape index (κ3) is 2.82. The maximum Gasteiger partial charge on any atom is 0.339 e. The van der Waals surface area contributed by atoms with Crippen molar-refractivity contribution < 1.29 is 9.53 Å². The molecule has 2 aromatic rings. The van der Waals surface area contributed by atoms with Crippen LogP contribution in [0.4, 0.5) is 5.69 Å². The molecule has 1 aromatic carbocycles. The Bertz CT molecular complexity index is 666. The van der Waals surface area contributed by atoms with Gasteiger partial charge in [-0.25, -0.2) is 4.79 Å². The predicted molar refractivity (Wildman–Crippen MR) is 80.5 cm³/mol. The average Bonchev–Trinajstić information content (AvgIpc) is 2.38. The molecule has 104 valence electrons. The zero-order valence-electron chi connectivity index (χ0n) is 10.3. The molecular formula is C13H9Cl3N2O2. The second-order valence-corrected chi connectivity index (χ2v) is 5.15. The number of hydrogen-bond donors (Lipinski definition) is 1. The lowest BCUT2D eigenvalue weighted by atomic mass is 10.1. The number of nitrogens with zero attached hydrogens (tertiary/aromatic N) is 1. The van der Waals surface area contributed by atoms with Gasteiger partial charge in [0.2, 0.25) is 0 Å². The van der Waals surface area contributed by atoms with Crippen LogP contribution in [0.2, 0.25) is 15.1 Å². The largest absolute Gasteiger partial charge is 0.465 e. The number of methoxy groups -OCH3 is 1. The Balaban J connectivity index is 2.57. The molecule has 0 aliphatic rings. The van der Waals surface area contributed by atoms with Gasteiger partial charge in [-0.1, -0.05) is 34.8 Å². The zero-order valence-corrected chi connectivity index (χ0v) is 12.6. The van der Waals surface area contributed by atoms with E-state index in [-0.39, 0.29) is 11.3 Å². The van der Waals surface area contributed by atoms with Crippen molar-refractivity contribution in [2.24, 2.45) is 0 Å². The van der Waals surface area contributed by atoms with E-state index in [1.807, 2.05) is 0 Å². The molecular weight excluding hydrogens is 323 g/mol. The summed E-state index contributed by atoms with van der Waals surface area (Å²) >= 11 is 18.1. The van der Waals surface area contributed by atoms with Crippen LogP contribution in [0.5, 0.6) is 0 Å². The van der Waals surface area contributed by atoms with Crippen molar-refractivity contribution in [1.82, 2.24) is 4.98 Å². The van der Waals surface area contributed by atoms with Gasteiger partial charge in [0, 0.05) is 16.8 Å². The fraction of sp³-hybridized carbons (Fsp3) is 0.0769. The molecule has 0 amide bonds. The maximum absolute atomic E-state index is 11.4. The summed E-state index contributed by atoms with van der Waals surface area (Å²) in [4.78, 5) is 15.5. The monoisotopic (exact) mass is 330 g/mol. The van der Waals surface area contributed by atoms with Crippen LogP contribution in [-0.2, 0) is 4.74 Å². The topological polar surface area (TPSA) is 65.2 Å². The van der Waals surface area contributed by atoms with Gasteiger partial charge in [-0.3, -0.25) is 4.98 Å². The quantitative estimate of drug-likeness (QED) is 0.842. The molecule has 1 heterocycles. The summed E-state index contributed by atoms with van der Waals surface area (Å²) in [7, 11) is 1.28. The van der Waals surface area contributed by atoms with E-state index in [1.165, 1.54) is 19.4 Å². The molecule has 2 rings (SSSR count). The van der Waals surface area contributed by atoms with Crippen LogP contribution in [0.1, 0.15) is 10.4 Å². The molecule has 0 radical (unpaired) electrons. The number of esters is 1. The Labute approximate surface area is 130 Å². The number of nitrogen functional groups attached to an aromatic ring is 1. The number of anilines is 1. The molecule has 0 saturated carbocycles. The van der Waals surface area contributed by atoms with Gasteiger partial charge < -0.3 is 10.5 Å². The van der Waals surface area contributed by atoms with E-state index in [2.05, 4.69) is 9.72 Å². The summed E-state index contributed by atoms with van der Waals surface area (Å²) in [6.45, 7) is 0. The van der Waals surface area contributed by atoms with Gasteiger partial charge in [-0.2, -0.15) is 0 Å². The van der Waals surface area contributed by atoms with Gasteiger partial charge in [-0.15, -0.1) is 0 Å². The van der Waals surface area contributed by atoms with E-state index in [1.54, 1.807) is 12.1 Å². The van der Waals surface area contributed by atoms with Crippen LogP contribution in [0.25, 0.3) is 11.3 Å². The van der Waals surface area contributed by atoms with E-state index in [9.17, 15) is 4.79 Å². The number of rotatable bonds is 2. The Morgan fingerprint density at radius 3 is 2.30 bits per heavy atom. The highest BCUT2D eigenvalue weighted by molar-refractivity contribution is 6.41. The van der Waals surface area contributed by atoms with Crippen LogP contribution in [0, 0.1) is 0 Å². The van der Waals surface area contributed by atoms with Crippen LogP contribution in [0.15, 0.2) is 24.4 Å². The molecule has 1 aromatic heterocycles. The second-order valence-electron chi connectivity index (χ2n) is 3.90. The summed E-state index contributed by atoms with van der Waals surface area (Å²) in [5.74, 6) is -0.524. The van der Waals surface area contributed by atoms with E-state index < -0.39 is 5.97 Å². The van der Waals surface area contributed by atoms with Crippen molar-refractivity contribution in [3.63, 3.8) is 0 Å². The number of ether oxygens (including phenoxy) is 1.